The fraction of sp³-hybridized carbons (Fsp3) is 0.857. The number of aliphatic carboxylic acids is 1. The highest BCUT2D eigenvalue weighted by atomic mass is 16.4. The van der Waals surface area contributed by atoms with Crippen LogP contribution in [-0.2, 0) is 4.79 Å². The van der Waals surface area contributed by atoms with Crippen LogP contribution in [0.2, 0.25) is 0 Å². The van der Waals surface area contributed by atoms with Crippen molar-refractivity contribution in [3.8, 4) is 0 Å². The monoisotopic (exact) mass is 268 g/mol. The van der Waals surface area contributed by atoms with Crippen molar-refractivity contribution in [1.82, 2.24) is 9.80 Å². The Labute approximate surface area is 114 Å². The minimum absolute atomic E-state index is 0.0182. The Morgan fingerprint density at radius 3 is 2.26 bits per heavy atom. The second kappa shape index (κ2) is 5.02. The van der Waals surface area contributed by atoms with Crippen LogP contribution >= 0.6 is 0 Å². The summed E-state index contributed by atoms with van der Waals surface area (Å²) in [5.74, 6) is -0.803. The number of carboxylic acid groups (broad SMARTS) is 1. The molecule has 19 heavy (non-hydrogen) atoms. The summed E-state index contributed by atoms with van der Waals surface area (Å²) in [6, 6.07) is 0.533. The minimum Gasteiger partial charge on any atom is -0.481 e. The number of hydrogen-bond donors (Lipinski definition) is 1. The quantitative estimate of drug-likeness (QED) is 0.792. The molecular formula is C14H24N2O3. The minimum atomic E-state index is -0.803. The zero-order valence-electron chi connectivity index (χ0n) is 12.1. The lowest BCUT2D eigenvalue weighted by Gasteiger charge is -2.41. The molecule has 2 aliphatic rings. The summed E-state index contributed by atoms with van der Waals surface area (Å²) in [7, 11) is 0. The van der Waals surface area contributed by atoms with E-state index in [9.17, 15) is 14.7 Å². The van der Waals surface area contributed by atoms with Gasteiger partial charge in [0.25, 0.3) is 0 Å². The molecule has 5 nitrogen and oxygen atoms in total. The van der Waals surface area contributed by atoms with Crippen LogP contribution in [0.4, 0.5) is 4.79 Å². The summed E-state index contributed by atoms with van der Waals surface area (Å²) in [4.78, 5) is 27.5. The molecule has 0 bridgehead atoms. The third kappa shape index (κ3) is 2.55. The van der Waals surface area contributed by atoms with Gasteiger partial charge in [-0.15, -0.1) is 0 Å². The molecular weight excluding hydrogens is 244 g/mol. The smallest absolute Gasteiger partial charge is 0.320 e. The summed E-state index contributed by atoms with van der Waals surface area (Å²) in [6.45, 7) is 6.78. The van der Waals surface area contributed by atoms with Crippen molar-refractivity contribution in [1.29, 1.82) is 0 Å². The molecule has 3 atom stereocenters. The van der Waals surface area contributed by atoms with E-state index in [2.05, 4.69) is 13.8 Å². The first kappa shape index (κ1) is 14.2. The summed E-state index contributed by atoms with van der Waals surface area (Å²) in [5.41, 5.74) is -0.780. The molecule has 0 saturated carbocycles. The van der Waals surface area contributed by atoms with Crippen molar-refractivity contribution in [2.45, 2.75) is 58.5 Å². The summed E-state index contributed by atoms with van der Waals surface area (Å²) >= 11 is 0. The highest BCUT2D eigenvalue weighted by Crippen LogP contribution is 2.32. The van der Waals surface area contributed by atoms with Gasteiger partial charge in [-0.1, -0.05) is 0 Å². The SMILES string of the molecule is C[C@@H]1CCC[C@H](C)N1C(=O)N1CCC(C)(C(=O)O)C1. The predicted molar refractivity (Wildman–Crippen MR) is 71.9 cm³/mol. The predicted octanol–water partition coefficient (Wildman–Crippen LogP) is 2.17. The van der Waals surface area contributed by atoms with Crippen LogP contribution in [0.3, 0.4) is 0 Å². The van der Waals surface area contributed by atoms with Gasteiger partial charge in [0, 0.05) is 25.2 Å². The topological polar surface area (TPSA) is 60.9 Å². The second-order valence-electron chi connectivity index (χ2n) is 6.36. The van der Waals surface area contributed by atoms with Crippen LogP contribution in [0.25, 0.3) is 0 Å². The number of piperidine rings is 1. The molecule has 2 fully saturated rings. The molecule has 2 aliphatic heterocycles. The summed E-state index contributed by atoms with van der Waals surface area (Å²) < 4.78 is 0. The van der Waals surface area contributed by atoms with Gasteiger partial charge in [0.2, 0.25) is 0 Å². The molecule has 0 radical (unpaired) electrons. The van der Waals surface area contributed by atoms with Gasteiger partial charge in [-0.3, -0.25) is 4.79 Å². The fourth-order valence-electron chi connectivity index (χ4n) is 3.26. The average Bonchev–Trinajstić information content (AvgIpc) is 2.73. The number of amides is 2. The highest BCUT2D eigenvalue weighted by molar-refractivity contribution is 5.80. The maximum Gasteiger partial charge on any atom is 0.320 e. The number of urea groups is 1. The van der Waals surface area contributed by atoms with Crippen molar-refractivity contribution in [3.05, 3.63) is 0 Å². The molecule has 0 aromatic carbocycles. The van der Waals surface area contributed by atoms with E-state index in [1.54, 1.807) is 11.8 Å². The van der Waals surface area contributed by atoms with Crippen LogP contribution in [0.1, 0.15) is 46.5 Å². The van der Waals surface area contributed by atoms with E-state index < -0.39 is 11.4 Å². The first-order chi connectivity index (χ1) is 8.85. The van der Waals surface area contributed by atoms with E-state index in [4.69, 9.17) is 0 Å². The molecule has 0 aromatic heterocycles. The molecule has 0 aromatic rings. The van der Waals surface area contributed by atoms with E-state index in [1.165, 1.54) is 6.42 Å². The van der Waals surface area contributed by atoms with Crippen molar-refractivity contribution in [2.24, 2.45) is 5.41 Å². The first-order valence-corrected chi connectivity index (χ1v) is 7.16. The summed E-state index contributed by atoms with van der Waals surface area (Å²) in [6.07, 6.45) is 3.80. The molecule has 2 saturated heterocycles. The first-order valence-electron chi connectivity index (χ1n) is 7.16. The van der Waals surface area contributed by atoms with Crippen molar-refractivity contribution in [2.75, 3.05) is 13.1 Å². The number of carbonyl (C=O) groups is 2. The number of carbonyl (C=O) groups excluding carboxylic acids is 1. The van der Waals surface area contributed by atoms with Crippen LogP contribution in [0.5, 0.6) is 0 Å². The largest absolute Gasteiger partial charge is 0.481 e. The maximum absolute atomic E-state index is 12.6. The van der Waals surface area contributed by atoms with E-state index in [0.29, 0.717) is 19.5 Å². The molecule has 2 rings (SSSR count). The van der Waals surface area contributed by atoms with Gasteiger partial charge in [0.15, 0.2) is 0 Å². The maximum atomic E-state index is 12.6. The van der Waals surface area contributed by atoms with E-state index in [-0.39, 0.29) is 18.1 Å². The molecule has 2 amide bonds. The lowest BCUT2D eigenvalue weighted by atomic mass is 9.90. The molecule has 0 aliphatic carbocycles. The van der Waals surface area contributed by atoms with Crippen LogP contribution in [-0.4, -0.2) is 52.1 Å². The average molecular weight is 268 g/mol. The Kier molecular flexibility index (Phi) is 3.74. The number of hydrogen-bond acceptors (Lipinski definition) is 2. The number of nitrogens with zero attached hydrogens (tertiary/aromatic N) is 2. The number of carboxylic acids is 1. The zero-order valence-corrected chi connectivity index (χ0v) is 12.1. The molecule has 1 N–H and O–H groups in total. The number of rotatable bonds is 1. The van der Waals surface area contributed by atoms with Gasteiger partial charge < -0.3 is 14.9 Å². The number of likely N-dealkylation sites (tertiary alicyclic amines) is 2. The van der Waals surface area contributed by atoms with Gasteiger partial charge in [-0.05, 0) is 46.5 Å². The van der Waals surface area contributed by atoms with Gasteiger partial charge in [0.05, 0.1) is 5.41 Å². The molecule has 1 unspecified atom stereocenters. The fourth-order valence-corrected chi connectivity index (χ4v) is 3.26. The molecule has 2 heterocycles. The molecule has 5 heteroatoms. The van der Waals surface area contributed by atoms with Crippen molar-refractivity contribution < 1.29 is 14.7 Å². The van der Waals surface area contributed by atoms with E-state index in [0.717, 1.165) is 12.8 Å². The van der Waals surface area contributed by atoms with Gasteiger partial charge in [-0.25, -0.2) is 4.79 Å². The van der Waals surface area contributed by atoms with Crippen molar-refractivity contribution in [3.63, 3.8) is 0 Å². The third-order valence-electron chi connectivity index (χ3n) is 4.67. The Hall–Kier alpha value is -1.26. The Bertz CT molecular complexity index is 375. The van der Waals surface area contributed by atoms with Crippen LogP contribution < -0.4 is 0 Å². The molecule has 0 spiro atoms. The van der Waals surface area contributed by atoms with Crippen molar-refractivity contribution >= 4 is 12.0 Å². The van der Waals surface area contributed by atoms with Gasteiger partial charge in [0.1, 0.15) is 0 Å². The molecule has 108 valence electrons. The van der Waals surface area contributed by atoms with Gasteiger partial charge >= 0.3 is 12.0 Å². The summed E-state index contributed by atoms with van der Waals surface area (Å²) in [5, 5.41) is 9.23. The van der Waals surface area contributed by atoms with Crippen LogP contribution in [0.15, 0.2) is 0 Å². The van der Waals surface area contributed by atoms with E-state index >= 15 is 0 Å². The lowest BCUT2D eigenvalue weighted by molar-refractivity contribution is -0.147. The highest BCUT2D eigenvalue weighted by Gasteiger charge is 2.44. The standard InChI is InChI=1S/C14H24N2O3/c1-10-5-4-6-11(2)16(10)13(19)15-8-7-14(3,9-15)12(17)18/h10-11H,4-9H2,1-3H3,(H,17,18)/t10-,11+,14?. The Morgan fingerprint density at radius 2 is 1.79 bits per heavy atom. The Balaban J connectivity index is 2.06. The van der Waals surface area contributed by atoms with Gasteiger partial charge in [-0.2, -0.15) is 0 Å². The third-order valence-corrected chi connectivity index (χ3v) is 4.67. The van der Waals surface area contributed by atoms with E-state index in [1.807, 2.05) is 4.90 Å². The Morgan fingerprint density at radius 1 is 1.21 bits per heavy atom. The second-order valence-corrected chi connectivity index (χ2v) is 6.36. The lowest BCUT2D eigenvalue weighted by Crippen LogP contribution is -2.53. The zero-order chi connectivity index (χ0) is 14.2. The van der Waals surface area contributed by atoms with Crippen LogP contribution in [0, 0.1) is 5.41 Å². The normalized spacial score (nSPS) is 35.5.